The molecule has 0 aliphatic heterocycles. The molecule has 0 bridgehead atoms. The normalized spacial score (nSPS) is 19.8. The van der Waals surface area contributed by atoms with Gasteiger partial charge in [0.05, 0.1) is 0 Å². The Labute approximate surface area is 107 Å². The number of hydrogen-bond donors (Lipinski definition) is 2. The monoisotopic (exact) mass is 266 g/mol. The topological polar surface area (TPSA) is 38.0 Å². The van der Waals surface area contributed by atoms with E-state index >= 15 is 0 Å². The Balaban J connectivity index is 2.13. The van der Waals surface area contributed by atoms with Crippen LogP contribution in [0.15, 0.2) is 0 Å². The molecule has 108 valence electrons. The maximum atomic E-state index is 12.1. The van der Waals surface area contributed by atoms with Gasteiger partial charge >= 0.3 is 6.18 Å². The molecule has 2 nitrogen and oxygen atoms in total. The summed E-state index contributed by atoms with van der Waals surface area (Å²) < 4.78 is 36.3. The van der Waals surface area contributed by atoms with Gasteiger partial charge < -0.3 is 11.1 Å². The largest absolute Gasteiger partial charge is 0.389 e. The van der Waals surface area contributed by atoms with Crippen LogP contribution in [0, 0.1) is 5.92 Å². The molecular weight excluding hydrogens is 241 g/mol. The van der Waals surface area contributed by atoms with Crippen LogP contribution >= 0.6 is 0 Å². The summed E-state index contributed by atoms with van der Waals surface area (Å²) in [4.78, 5) is 0. The molecule has 0 amide bonds. The average molecular weight is 266 g/mol. The first-order chi connectivity index (χ1) is 8.35. The summed E-state index contributed by atoms with van der Waals surface area (Å²) in [7, 11) is 0. The molecule has 5 heteroatoms. The summed E-state index contributed by atoms with van der Waals surface area (Å²) in [6, 6.07) is 0. The van der Waals surface area contributed by atoms with Crippen molar-refractivity contribution in [3.63, 3.8) is 0 Å². The predicted molar refractivity (Wildman–Crippen MR) is 67.3 cm³/mol. The van der Waals surface area contributed by atoms with Gasteiger partial charge in [-0.1, -0.05) is 12.8 Å². The fraction of sp³-hybridized carbons (Fsp3) is 1.00. The minimum Gasteiger partial charge on any atom is -0.329 e. The quantitative estimate of drug-likeness (QED) is 0.629. The second kappa shape index (κ2) is 6.75. The van der Waals surface area contributed by atoms with E-state index < -0.39 is 12.6 Å². The Morgan fingerprint density at radius 1 is 1.17 bits per heavy atom. The highest BCUT2D eigenvalue weighted by Gasteiger charge is 2.29. The van der Waals surface area contributed by atoms with E-state index in [0.29, 0.717) is 13.0 Å². The average Bonchev–Trinajstić information content (AvgIpc) is 3.06. The zero-order valence-corrected chi connectivity index (χ0v) is 11.2. The first kappa shape index (κ1) is 15.8. The van der Waals surface area contributed by atoms with Crippen LogP contribution < -0.4 is 11.1 Å². The van der Waals surface area contributed by atoms with Crippen LogP contribution in [-0.2, 0) is 0 Å². The van der Waals surface area contributed by atoms with E-state index in [9.17, 15) is 13.2 Å². The molecule has 0 aromatic carbocycles. The minimum absolute atomic E-state index is 0.146. The summed E-state index contributed by atoms with van der Waals surface area (Å²) in [5.41, 5.74) is 5.32. The number of nitrogens with one attached hydrogen (secondary N) is 1. The first-order valence-corrected chi connectivity index (χ1v) is 6.86. The maximum absolute atomic E-state index is 12.1. The van der Waals surface area contributed by atoms with Crippen LogP contribution in [0.1, 0.15) is 51.9 Å². The van der Waals surface area contributed by atoms with E-state index in [4.69, 9.17) is 5.73 Å². The van der Waals surface area contributed by atoms with Gasteiger partial charge in [0.2, 0.25) is 0 Å². The first-order valence-electron chi connectivity index (χ1n) is 6.86. The molecule has 3 N–H and O–H groups in total. The van der Waals surface area contributed by atoms with Crippen molar-refractivity contribution in [3.8, 4) is 0 Å². The van der Waals surface area contributed by atoms with Crippen LogP contribution in [0.3, 0.4) is 0 Å². The molecule has 1 fully saturated rings. The molecular formula is C13H25F3N2. The van der Waals surface area contributed by atoms with Crippen LogP contribution in [0.4, 0.5) is 13.2 Å². The Bertz CT molecular complexity index is 239. The molecule has 0 aromatic heterocycles. The summed E-state index contributed by atoms with van der Waals surface area (Å²) in [6.07, 6.45) is 0.877. The van der Waals surface area contributed by atoms with Gasteiger partial charge in [0.15, 0.2) is 0 Å². The molecule has 0 aromatic rings. The Morgan fingerprint density at radius 3 is 2.33 bits per heavy atom. The van der Waals surface area contributed by atoms with Crippen molar-refractivity contribution in [3.05, 3.63) is 0 Å². The SMILES string of the molecule is CC(CN)(CCCC(F)(F)F)NCCCC1CC1. The van der Waals surface area contributed by atoms with Gasteiger partial charge in [0.1, 0.15) is 0 Å². The Hall–Kier alpha value is -0.290. The van der Waals surface area contributed by atoms with Crippen molar-refractivity contribution in [1.29, 1.82) is 0 Å². The van der Waals surface area contributed by atoms with E-state index in [-0.39, 0.29) is 12.0 Å². The standard InChI is InChI=1S/C13H25F3N2/c1-12(10-17,7-3-8-13(14,15)16)18-9-2-4-11-5-6-11/h11,18H,2-10,17H2,1H3. The fourth-order valence-corrected chi connectivity index (χ4v) is 2.13. The number of rotatable bonds is 9. The summed E-state index contributed by atoms with van der Waals surface area (Å²) in [5, 5.41) is 3.32. The van der Waals surface area contributed by atoms with E-state index in [1.54, 1.807) is 0 Å². The number of hydrogen-bond acceptors (Lipinski definition) is 2. The third kappa shape index (κ3) is 7.21. The molecule has 0 spiro atoms. The number of alkyl halides is 3. The lowest BCUT2D eigenvalue weighted by molar-refractivity contribution is -0.136. The highest BCUT2D eigenvalue weighted by Crippen LogP contribution is 2.33. The molecule has 0 radical (unpaired) electrons. The van der Waals surface area contributed by atoms with Gasteiger partial charge in [-0.15, -0.1) is 0 Å². The fourth-order valence-electron chi connectivity index (χ4n) is 2.13. The summed E-state index contributed by atoms with van der Waals surface area (Å²) in [5.74, 6) is 0.904. The molecule has 1 atom stereocenters. The number of nitrogens with two attached hydrogens (primary N) is 1. The van der Waals surface area contributed by atoms with E-state index in [1.165, 1.54) is 19.3 Å². The molecule has 0 saturated heterocycles. The number of halogens is 3. The third-order valence-electron chi connectivity index (χ3n) is 3.68. The van der Waals surface area contributed by atoms with Crippen molar-refractivity contribution in [2.75, 3.05) is 13.1 Å². The van der Waals surface area contributed by atoms with Gasteiger partial charge in [0.25, 0.3) is 0 Å². The molecule has 18 heavy (non-hydrogen) atoms. The van der Waals surface area contributed by atoms with Crippen LogP contribution in [0.25, 0.3) is 0 Å². The van der Waals surface area contributed by atoms with Gasteiger partial charge in [-0.3, -0.25) is 0 Å². The molecule has 1 aliphatic rings. The zero-order chi connectivity index (χ0) is 13.6. The van der Waals surface area contributed by atoms with Crippen LogP contribution in [-0.4, -0.2) is 24.8 Å². The minimum atomic E-state index is -4.05. The van der Waals surface area contributed by atoms with Crippen molar-refractivity contribution >= 4 is 0 Å². The molecule has 1 unspecified atom stereocenters. The second-order valence-corrected chi connectivity index (χ2v) is 5.75. The lowest BCUT2D eigenvalue weighted by Crippen LogP contribution is -2.49. The molecule has 1 rings (SSSR count). The maximum Gasteiger partial charge on any atom is 0.389 e. The second-order valence-electron chi connectivity index (χ2n) is 5.75. The van der Waals surface area contributed by atoms with E-state index in [0.717, 1.165) is 18.9 Å². The third-order valence-corrected chi connectivity index (χ3v) is 3.68. The highest BCUT2D eigenvalue weighted by molar-refractivity contribution is 4.84. The van der Waals surface area contributed by atoms with Crippen molar-refractivity contribution in [2.45, 2.75) is 63.6 Å². The zero-order valence-electron chi connectivity index (χ0n) is 11.2. The van der Waals surface area contributed by atoms with Crippen LogP contribution in [0.5, 0.6) is 0 Å². The smallest absolute Gasteiger partial charge is 0.329 e. The van der Waals surface area contributed by atoms with E-state index in [2.05, 4.69) is 5.32 Å². The molecule has 1 aliphatic carbocycles. The summed E-state index contributed by atoms with van der Waals surface area (Å²) >= 11 is 0. The lowest BCUT2D eigenvalue weighted by atomic mass is 9.94. The molecule has 0 heterocycles. The van der Waals surface area contributed by atoms with Crippen LogP contribution in [0.2, 0.25) is 0 Å². The Morgan fingerprint density at radius 2 is 1.83 bits per heavy atom. The summed E-state index contributed by atoms with van der Waals surface area (Å²) in [6.45, 7) is 3.16. The van der Waals surface area contributed by atoms with Crippen molar-refractivity contribution in [1.82, 2.24) is 5.32 Å². The molecule has 1 saturated carbocycles. The predicted octanol–water partition coefficient (Wildman–Crippen LogP) is 3.22. The van der Waals surface area contributed by atoms with Gasteiger partial charge in [0, 0.05) is 18.5 Å². The van der Waals surface area contributed by atoms with Gasteiger partial charge in [-0.05, 0) is 45.1 Å². The van der Waals surface area contributed by atoms with Gasteiger partial charge in [-0.2, -0.15) is 13.2 Å². The van der Waals surface area contributed by atoms with E-state index in [1.807, 2.05) is 6.92 Å². The van der Waals surface area contributed by atoms with Crippen molar-refractivity contribution < 1.29 is 13.2 Å². The van der Waals surface area contributed by atoms with Gasteiger partial charge in [-0.25, -0.2) is 0 Å². The highest BCUT2D eigenvalue weighted by atomic mass is 19.4. The Kier molecular flexibility index (Phi) is 5.92. The van der Waals surface area contributed by atoms with Crippen molar-refractivity contribution in [2.24, 2.45) is 11.7 Å². The lowest BCUT2D eigenvalue weighted by Gasteiger charge is -2.30.